The minimum atomic E-state index is -0.198. The van der Waals surface area contributed by atoms with Gasteiger partial charge in [0.2, 0.25) is 5.91 Å². The van der Waals surface area contributed by atoms with E-state index in [0.29, 0.717) is 13.2 Å². The van der Waals surface area contributed by atoms with E-state index in [9.17, 15) is 4.79 Å². The second-order valence-electron chi connectivity index (χ2n) is 6.51. The van der Waals surface area contributed by atoms with Crippen molar-refractivity contribution >= 4 is 5.91 Å². The Labute approximate surface area is 154 Å². The van der Waals surface area contributed by atoms with Crippen LogP contribution < -0.4 is 10.1 Å². The maximum Gasteiger partial charge on any atom is 0.237 e. The quantitative estimate of drug-likeness (QED) is 0.867. The number of ether oxygens (including phenoxy) is 2. The summed E-state index contributed by atoms with van der Waals surface area (Å²) in [6.07, 6.45) is 0.0126. The van der Waals surface area contributed by atoms with Gasteiger partial charge in [0.25, 0.3) is 0 Å². The molecule has 1 heterocycles. The highest BCUT2D eigenvalue weighted by Gasteiger charge is 2.28. The molecule has 0 bridgehead atoms. The maximum atomic E-state index is 12.6. The van der Waals surface area contributed by atoms with Gasteiger partial charge in [-0.3, -0.25) is 9.69 Å². The smallest absolute Gasteiger partial charge is 0.237 e. The lowest BCUT2D eigenvalue weighted by Gasteiger charge is -2.36. The first-order valence-corrected chi connectivity index (χ1v) is 8.98. The Balaban J connectivity index is 1.55. The van der Waals surface area contributed by atoms with Crippen molar-refractivity contribution in [2.45, 2.75) is 25.6 Å². The second kappa shape index (κ2) is 8.83. The van der Waals surface area contributed by atoms with E-state index in [2.05, 4.69) is 22.3 Å². The first kappa shape index (κ1) is 18.4. The van der Waals surface area contributed by atoms with Crippen molar-refractivity contribution in [3.8, 4) is 5.75 Å². The molecule has 5 heteroatoms. The molecule has 5 nitrogen and oxygen atoms in total. The van der Waals surface area contributed by atoms with Gasteiger partial charge in [0, 0.05) is 19.6 Å². The third-order valence-electron chi connectivity index (χ3n) is 4.80. The zero-order chi connectivity index (χ0) is 18.4. The van der Waals surface area contributed by atoms with Crippen molar-refractivity contribution in [3.05, 3.63) is 65.7 Å². The highest BCUT2D eigenvalue weighted by atomic mass is 16.5. The summed E-state index contributed by atoms with van der Waals surface area (Å²) in [6.45, 7) is 4.56. The van der Waals surface area contributed by atoms with E-state index in [0.717, 1.165) is 30.0 Å². The summed E-state index contributed by atoms with van der Waals surface area (Å²) in [5.41, 5.74) is 2.18. The highest BCUT2D eigenvalue weighted by Crippen LogP contribution is 2.23. The van der Waals surface area contributed by atoms with Crippen LogP contribution in [-0.4, -0.2) is 43.7 Å². The molecule has 2 aromatic rings. The van der Waals surface area contributed by atoms with Crippen molar-refractivity contribution in [2.75, 3.05) is 26.8 Å². The molecule has 2 atom stereocenters. The van der Waals surface area contributed by atoms with Gasteiger partial charge < -0.3 is 14.8 Å². The number of hydrogen-bond acceptors (Lipinski definition) is 4. The van der Waals surface area contributed by atoms with Crippen LogP contribution in [0.5, 0.6) is 5.75 Å². The lowest BCUT2D eigenvalue weighted by atomic mass is 10.1. The van der Waals surface area contributed by atoms with E-state index in [1.807, 2.05) is 49.4 Å². The fraction of sp³-hybridized carbons (Fsp3) is 0.381. The zero-order valence-corrected chi connectivity index (χ0v) is 15.4. The standard InChI is InChI=1S/C21H26N2O3/c1-16(21(24)22-14-17-7-6-10-19(13-17)25-2)23-11-12-26-20(15-23)18-8-4-3-5-9-18/h3-10,13,16,20H,11-12,14-15H2,1-2H3,(H,22,24). The molecule has 0 saturated carbocycles. The number of benzene rings is 2. The zero-order valence-electron chi connectivity index (χ0n) is 15.4. The molecule has 2 aromatic carbocycles. The maximum absolute atomic E-state index is 12.6. The van der Waals surface area contributed by atoms with Gasteiger partial charge in [0.15, 0.2) is 0 Å². The molecule has 26 heavy (non-hydrogen) atoms. The monoisotopic (exact) mass is 354 g/mol. The molecule has 3 rings (SSSR count). The largest absolute Gasteiger partial charge is 0.497 e. The van der Waals surface area contributed by atoms with Gasteiger partial charge in [-0.15, -0.1) is 0 Å². The van der Waals surface area contributed by atoms with Crippen molar-refractivity contribution in [2.24, 2.45) is 0 Å². The molecule has 0 aliphatic carbocycles. The normalized spacial score (nSPS) is 18.9. The van der Waals surface area contributed by atoms with Gasteiger partial charge in [0.05, 0.1) is 25.9 Å². The van der Waals surface area contributed by atoms with Crippen LogP contribution in [0.3, 0.4) is 0 Å². The van der Waals surface area contributed by atoms with Crippen molar-refractivity contribution < 1.29 is 14.3 Å². The van der Waals surface area contributed by atoms with Gasteiger partial charge in [0.1, 0.15) is 5.75 Å². The summed E-state index contributed by atoms with van der Waals surface area (Å²) in [5.74, 6) is 0.824. The van der Waals surface area contributed by atoms with Crippen molar-refractivity contribution in [3.63, 3.8) is 0 Å². The molecule has 1 aliphatic heterocycles. The molecule has 0 spiro atoms. The Kier molecular flexibility index (Phi) is 6.26. The second-order valence-corrected chi connectivity index (χ2v) is 6.51. The first-order chi connectivity index (χ1) is 12.7. The number of morpholine rings is 1. The van der Waals surface area contributed by atoms with Gasteiger partial charge in [-0.2, -0.15) is 0 Å². The Bertz CT molecular complexity index is 720. The molecule has 1 aliphatic rings. The average molecular weight is 354 g/mol. The summed E-state index contributed by atoms with van der Waals surface area (Å²) < 4.78 is 11.1. The van der Waals surface area contributed by atoms with Crippen LogP contribution >= 0.6 is 0 Å². The number of nitrogens with zero attached hydrogens (tertiary/aromatic N) is 1. The summed E-state index contributed by atoms with van der Waals surface area (Å²) >= 11 is 0. The molecule has 0 aromatic heterocycles. The molecule has 138 valence electrons. The minimum absolute atomic E-state index is 0.0126. The summed E-state index contributed by atoms with van der Waals surface area (Å²) in [6, 6.07) is 17.7. The number of amides is 1. The molecule has 1 N–H and O–H groups in total. The van der Waals surface area contributed by atoms with Crippen LogP contribution in [0.2, 0.25) is 0 Å². The Morgan fingerprint density at radius 2 is 2.08 bits per heavy atom. The van der Waals surface area contributed by atoms with Gasteiger partial charge in [-0.25, -0.2) is 0 Å². The fourth-order valence-corrected chi connectivity index (χ4v) is 3.18. The molecule has 0 radical (unpaired) electrons. The van der Waals surface area contributed by atoms with E-state index < -0.39 is 0 Å². The molecule has 1 saturated heterocycles. The molecular weight excluding hydrogens is 328 g/mol. The predicted octanol–water partition coefficient (Wildman–Crippen LogP) is 2.77. The number of carbonyl (C=O) groups is 1. The Morgan fingerprint density at radius 3 is 2.85 bits per heavy atom. The van der Waals surface area contributed by atoms with E-state index >= 15 is 0 Å². The molecular formula is C21H26N2O3. The van der Waals surface area contributed by atoms with Crippen molar-refractivity contribution in [1.82, 2.24) is 10.2 Å². The molecule has 1 fully saturated rings. The molecule has 1 amide bonds. The lowest BCUT2D eigenvalue weighted by Crippen LogP contribution is -2.50. The Morgan fingerprint density at radius 1 is 1.27 bits per heavy atom. The molecule has 2 unspecified atom stereocenters. The van der Waals surface area contributed by atoms with Crippen LogP contribution in [0.4, 0.5) is 0 Å². The number of carbonyl (C=O) groups excluding carboxylic acids is 1. The number of methoxy groups -OCH3 is 1. The summed E-state index contributed by atoms with van der Waals surface area (Å²) in [4.78, 5) is 14.8. The van der Waals surface area contributed by atoms with E-state index in [-0.39, 0.29) is 18.1 Å². The van der Waals surface area contributed by atoms with Gasteiger partial charge >= 0.3 is 0 Å². The van der Waals surface area contributed by atoms with Gasteiger partial charge in [-0.05, 0) is 30.2 Å². The van der Waals surface area contributed by atoms with Crippen molar-refractivity contribution in [1.29, 1.82) is 0 Å². The summed E-state index contributed by atoms with van der Waals surface area (Å²) in [5, 5.41) is 3.02. The van der Waals surface area contributed by atoms with Crippen LogP contribution in [-0.2, 0) is 16.1 Å². The highest BCUT2D eigenvalue weighted by molar-refractivity contribution is 5.81. The Hall–Kier alpha value is -2.37. The van der Waals surface area contributed by atoms with E-state index in [1.54, 1.807) is 7.11 Å². The fourth-order valence-electron chi connectivity index (χ4n) is 3.18. The van der Waals surface area contributed by atoms with Crippen LogP contribution in [0.25, 0.3) is 0 Å². The average Bonchev–Trinajstić information content (AvgIpc) is 2.72. The third-order valence-corrected chi connectivity index (χ3v) is 4.80. The topological polar surface area (TPSA) is 50.8 Å². The predicted molar refractivity (Wildman–Crippen MR) is 101 cm³/mol. The van der Waals surface area contributed by atoms with E-state index in [4.69, 9.17) is 9.47 Å². The van der Waals surface area contributed by atoms with Crippen LogP contribution in [0.1, 0.15) is 24.2 Å². The number of nitrogens with one attached hydrogen (secondary N) is 1. The lowest BCUT2D eigenvalue weighted by molar-refractivity contribution is -0.129. The van der Waals surface area contributed by atoms with Crippen LogP contribution in [0, 0.1) is 0 Å². The van der Waals surface area contributed by atoms with E-state index in [1.165, 1.54) is 0 Å². The van der Waals surface area contributed by atoms with Crippen LogP contribution in [0.15, 0.2) is 54.6 Å². The number of rotatable bonds is 6. The first-order valence-electron chi connectivity index (χ1n) is 8.98. The number of hydrogen-bond donors (Lipinski definition) is 1. The van der Waals surface area contributed by atoms with Gasteiger partial charge in [-0.1, -0.05) is 42.5 Å². The summed E-state index contributed by atoms with van der Waals surface area (Å²) in [7, 11) is 1.64. The minimum Gasteiger partial charge on any atom is -0.497 e. The SMILES string of the molecule is COc1cccc(CNC(=O)C(C)N2CCOC(c3ccccc3)C2)c1. The third kappa shape index (κ3) is 4.62.